The maximum atomic E-state index is 6.10. The van der Waals surface area contributed by atoms with Gasteiger partial charge in [0.05, 0.1) is 5.52 Å². The topological polar surface area (TPSA) is 109 Å². The van der Waals surface area contributed by atoms with Gasteiger partial charge in [0, 0.05) is 42.3 Å². The molecule has 1 saturated heterocycles. The molecule has 4 rings (SSSR count). The van der Waals surface area contributed by atoms with Gasteiger partial charge >= 0.3 is 0 Å². The van der Waals surface area contributed by atoms with Crippen molar-refractivity contribution < 1.29 is 0 Å². The molecule has 2 aromatic heterocycles. The largest absolute Gasteiger partial charge is 0.379 e. The molecule has 0 saturated carbocycles. The van der Waals surface area contributed by atoms with Crippen LogP contribution >= 0.6 is 0 Å². The molecule has 4 N–H and O–H groups in total. The Morgan fingerprint density at radius 2 is 2.19 bits per heavy atom. The van der Waals surface area contributed by atoms with Crippen LogP contribution in [0.2, 0.25) is 0 Å². The molecule has 8 heteroatoms. The third-order valence-electron chi connectivity index (χ3n) is 4.89. The molecular formula is C18H24N8. The summed E-state index contributed by atoms with van der Waals surface area (Å²) in [6, 6.07) is 6.44. The zero-order valence-electron chi connectivity index (χ0n) is 15.2. The van der Waals surface area contributed by atoms with E-state index in [2.05, 4.69) is 37.5 Å². The summed E-state index contributed by atoms with van der Waals surface area (Å²) in [4.78, 5) is 6.96. The first-order valence-corrected chi connectivity index (χ1v) is 9.09. The molecule has 0 amide bonds. The Kier molecular flexibility index (Phi) is 4.42. The number of rotatable bonds is 4. The monoisotopic (exact) mass is 352 g/mol. The Balaban J connectivity index is 1.68. The predicted molar refractivity (Wildman–Crippen MR) is 103 cm³/mol. The smallest absolute Gasteiger partial charge is 0.189 e. The number of nitrogen functional groups attached to an aromatic ring is 1. The van der Waals surface area contributed by atoms with E-state index in [0.29, 0.717) is 17.7 Å². The van der Waals surface area contributed by atoms with Gasteiger partial charge in [0.25, 0.3) is 0 Å². The van der Waals surface area contributed by atoms with Gasteiger partial charge in [-0.25, -0.2) is 4.98 Å². The van der Waals surface area contributed by atoms with Crippen molar-refractivity contribution in [3.8, 4) is 11.4 Å². The number of nitrogens with zero attached hydrogens (tertiary/aromatic N) is 5. The zero-order chi connectivity index (χ0) is 18.1. The fourth-order valence-corrected chi connectivity index (χ4v) is 3.52. The highest BCUT2D eigenvalue weighted by atomic mass is 15.3. The van der Waals surface area contributed by atoms with Crippen LogP contribution in [-0.4, -0.2) is 51.1 Å². The zero-order valence-corrected chi connectivity index (χ0v) is 15.2. The van der Waals surface area contributed by atoms with Gasteiger partial charge in [-0.05, 0) is 31.5 Å². The molecule has 1 aromatic carbocycles. The number of hydrogen-bond acceptors (Lipinski definition) is 7. The Bertz CT molecular complexity index is 917. The third kappa shape index (κ3) is 3.08. The normalized spacial score (nSPS) is 17.8. The second kappa shape index (κ2) is 6.87. The molecule has 1 aliphatic rings. The van der Waals surface area contributed by atoms with Crippen LogP contribution in [0.1, 0.15) is 25.5 Å². The molecule has 0 spiro atoms. The molecule has 1 atom stereocenters. The quantitative estimate of drug-likeness (QED) is 0.658. The van der Waals surface area contributed by atoms with E-state index in [1.54, 1.807) is 0 Å². The minimum absolute atomic E-state index is 0.381. The van der Waals surface area contributed by atoms with E-state index in [0.717, 1.165) is 60.5 Å². The Labute approximate surface area is 152 Å². The minimum Gasteiger partial charge on any atom is -0.379 e. The van der Waals surface area contributed by atoms with Crippen LogP contribution in [0.5, 0.6) is 0 Å². The van der Waals surface area contributed by atoms with E-state index >= 15 is 0 Å². The van der Waals surface area contributed by atoms with E-state index in [1.807, 2.05) is 25.1 Å². The number of piperazine rings is 1. The Morgan fingerprint density at radius 1 is 1.31 bits per heavy atom. The van der Waals surface area contributed by atoms with E-state index in [9.17, 15) is 0 Å². The first-order chi connectivity index (χ1) is 12.7. The van der Waals surface area contributed by atoms with Crippen LogP contribution in [0.4, 0.5) is 11.6 Å². The Hall–Kier alpha value is -2.74. The lowest BCUT2D eigenvalue weighted by Crippen LogP contribution is -2.51. The highest BCUT2D eigenvalue weighted by molar-refractivity contribution is 5.85. The molecule has 3 heterocycles. The summed E-state index contributed by atoms with van der Waals surface area (Å²) in [5, 5.41) is 20.3. The molecular weight excluding hydrogens is 328 g/mol. The standard InChI is InChI=1S/C18H24N8/c1-3-4-13-10-26(8-7-20-13)18-16(19)24-25-17(21-18)12-5-6-15-14(9-12)11(2)22-23-15/h5-6,9,13,20H,3-4,7-8,10H2,1-2H3,(H2,19,24)(H,22,23). The number of fused-ring (bicyclic) bond motifs is 1. The fraction of sp³-hybridized carbons (Fsp3) is 0.444. The highest BCUT2D eigenvalue weighted by Gasteiger charge is 2.23. The number of nitrogens with two attached hydrogens (primary N) is 1. The summed E-state index contributed by atoms with van der Waals surface area (Å²) in [5.41, 5.74) is 8.97. The van der Waals surface area contributed by atoms with Gasteiger partial charge in [-0.3, -0.25) is 5.10 Å². The SMILES string of the molecule is CCCC1CN(c2nc(-c3ccc4n[nH]c(C)c4c3)nnc2N)CCN1. The van der Waals surface area contributed by atoms with Crippen molar-refractivity contribution >= 4 is 22.5 Å². The minimum atomic E-state index is 0.381. The summed E-state index contributed by atoms with van der Waals surface area (Å²) >= 11 is 0. The van der Waals surface area contributed by atoms with E-state index < -0.39 is 0 Å². The molecule has 0 bridgehead atoms. The first-order valence-electron chi connectivity index (χ1n) is 9.09. The van der Waals surface area contributed by atoms with Gasteiger partial charge in [0.2, 0.25) is 0 Å². The number of aromatic amines is 1. The van der Waals surface area contributed by atoms with Crippen LogP contribution in [0.25, 0.3) is 22.3 Å². The van der Waals surface area contributed by atoms with Crippen molar-refractivity contribution in [2.24, 2.45) is 0 Å². The second-order valence-corrected chi connectivity index (χ2v) is 6.81. The Morgan fingerprint density at radius 3 is 3.04 bits per heavy atom. The molecule has 136 valence electrons. The van der Waals surface area contributed by atoms with Crippen LogP contribution in [0, 0.1) is 6.92 Å². The number of aryl methyl sites for hydroxylation is 1. The first kappa shape index (κ1) is 16.7. The third-order valence-corrected chi connectivity index (χ3v) is 4.89. The number of H-pyrrole nitrogens is 1. The summed E-state index contributed by atoms with van der Waals surface area (Å²) in [6.45, 7) is 6.87. The van der Waals surface area contributed by atoms with Crippen molar-refractivity contribution in [2.45, 2.75) is 32.7 Å². The van der Waals surface area contributed by atoms with Gasteiger partial charge in [0.1, 0.15) is 0 Å². The number of hydrogen-bond donors (Lipinski definition) is 3. The number of aromatic nitrogens is 5. The molecule has 1 unspecified atom stereocenters. The number of nitrogens with one attached hydrogen (secondary N) is 2. The van der Waals surface area contributed by atoms with Crippen molar-refractivity contribution in [1.82, 2.24) is 30.7 Å². The lowest BCUT2D eigenvalue weighted by atomic mass is 10.1. The maximum absolute atomic E-state index is 6.10. The van der Waals surface area contributed by atoms with Gasteiger partial charge in [-0.2, -0.15) is 5.10 Å². The number of anilines is 2. The van der Waals surface area contributed by atoms with E-state index in [4.69, 9.17) is 10.7 Å². The molecule has 8 nitrogen and oxygen atoms in total. The van der Waals surface area contributed by atoms with Crippen molar-refractivity contribution in [3.05, 3.63) is 23.9 Å². The highest BCUT2D eigenvalue weighted by Crippen LogP contribution is 2.26. The van der Waals surface area contributed by atoms with Crippen molar-refractivity contribution in [1.29, 1.82) is 0 Å². The van der Waals surface area contributed by atoms with Crippen molar-refractivity contribution in [3.63, 3.8) is 0 Å². The molecule has 0 radical (unpaired) electrons. The maximum Gasteiger partial charge on any atom is 0.189 e. The molecule has 0 aliphatic carbocycles. The summed E-state index contributed by atoms with van der Waals surface area (Å²) < 4.78 is 0. The second-order valence-electron chi connectivity index (χ2n) is 6.81. The van der Waals surface area contributed by atoms with Crippen LogP contribution in [-0.2, 0) is 0 Å². The van der Waals surface area contributed by atoms with Crippen molar-refractivity contribution in [2.75, 3.05) is 30.3 Å². The van der Waals surface area contributed by atoms with Crippen LogP contribution in [0.3, 0.4) is 0 Å². The average molecular weight is 352 g/mol. The van der Waals surface area contributed by atoms with Gasteiger partial charge in [-0.1, -0.05) is 13.3 Å². The van der Waals surface area contributed by atoms with E-state index in [1.165, 1.54) is 0 Å². The van der Waals surface area contributed by atoms with Crippen LogP contribution < -0.4 is 16.0 Å². The van der Waals surface area contributed by atoms with Crippen LogP contribution in [0.15, 0.2) is 18.2 Å². The van der Waals surface area contributed by atoms with Gasteiger partial charge < -0.3 is 16.0 Å². The van der Waals surface area contributed by atoms with Gasteiger partial charge in [0.15, 0.2) is 17.5 Å². The molecule has 26 heavy (non-hydrogen) atoms. The number of benzene rings is 1. The average Bonchev–Trinajstić information content (AvgIpc) is 3.03. The molecule has 3 aromatic rings. The summed E-state index contributed by atoms with van der Waals surface area (Å²) in [6.07, 6.45) is 2.29. The van der Waals surface area contributed by atoms with Gasteiger partial charge in [-0.15, -0.1) is 10.2 Å². The lowest BCUT2D eigenvalue weighted by molar-refractivity contribution is 0.429. The summed E-state index contributed by atoms with van der Waals surface area (Å²) in [7, 11) is 0. The lowest BCUT2D eigenvalue weighted by Gasteiger charge is -2.34. The fourth-order valence-electron chi connectivity index (χ4n) is 3.52. The predicted octanol–water partition coefficient (Wildman–Crippen LogP) is 1.88. The summed E-state index contributed by atoms with van der Waals surface area (Å²) in [5.74, 6) is 1.69. The molecule has 1 fully saturated rings. The van der Waals surface area contributed by atoms with E-state index in [-0.39, 0.29) is 0 Å². The molecule has 1 aliphatic heterocycles.